The van der Waals surface area contributed by atoms with Crippen LogP contribution in [0.15, 0.2) is 24.3 Å². The van der Waals surface area contributed by atoms with Crippen LogP contribution in [0.25, 0.3) is 0 Å². The number of hydrogen-bond acceptors (Lipinski definition) is 4. The van der Waals surface area contributed by atoms with Gasteiger partial charge in [-0.3, -0.25) is 9.32 Å². The number of nitrogens with one attached hydrogen (secondary N) is 1. The lowest BCUT2D eigenvalue weighted by molar-refractivity contribution is 0.0987. The van der Waals surface area contributed by atoms with Gasteiger partial charge in [0.1, 0.15) is 5.69 Å². The van der Waals surface area contributed by atoms with E-state index < -0.39 is 26.4 Å². The number of phosphoric acid groups is 1. The fraction of sp³-hybridized carbons (Fsp3) is 0.0909. The number of anilines is 1. The summed E-state index contributed by atoms with van der Waals surface area (Å²) >= 11 is 11.6. The molecule has 0 unspecified atom stereocenters. The summed E-state index contributed by atoms with van der Waals surface area (Å²) in [5, 5.41) is 6.19. The molecule has 1 amide bonds. The lowest BCUT2D eigenvalue weighted by atomic mass is 10.3. The average Bonchev–Trinajstić information content (AvgIpc) is 2.80. The molecular weight excluding hydrogens is 375 g/mol. The SMILES string of the molecule is O=C(Nc1ccc(Cl)cc1Cl)c1cc(F)nn1COP(=O)(O)O. The highest BCUT2D eigenvalue weighted by atomic mass is 35.5. The largest absolute Gasteiger partial charge is 0.471 e. The van der Waals surface area contributed by atoms with Gasteiger partial charge in [-0.05, 0) is 18.2 Å². The molecule has 0 saturated carbocycles. The van der Waals surface area contributed by atoms with Crippen molar-refractivity contribution in [2.24, 2.45) is 0 Å². The van der Waals surface area contributed by atoms with Crippen LogP contribution in [0.3, 0.4) is 0 Å². The third kappa shape index (κ3) is 5.00. The predicted octanol–water partition coefficient (Wildman–Crippen LogP) is 2.65. The number of amides is 1. The normalized spacial score (nSPS) is 11.5. The summed E-state index contributed by atoms with van der Waals surface area (Å²) in [5.41, 5.74) is -0.105. The topological polar surface area (TPSA) is 114 Å². The van der Waals surface area contributed by atoms with Gasteiger partial charge in [-0.1, -0.05) is 23.2 Å². The summed E-state index contributed by atoms with van der Waals surface area (Å²) < 4.78 is 28.7. The molecule has 12 heteroatoms. The Kier molecular flexibility index (Phi) is 5.41. The summed E-state index contributed by atoms with van der Waals surface area (Å²) in [7, 11) is -4.80. The molecule has 2 rings (SSSR count). The maximum absolute atomic E-state index is 13.2. The molecule has 1 aromatic heterocycles. The Morgan fingerprint density at radius 1 is 1.39 bits per heavy atom. The summed E-state index contributed by atoms with van der Waals surface area (Å²) in [6.07, 6.45) is 0. The van der Waals surface area contributed by atoms with Gasteiger partial charge in [-0.2, -0.15) is 4.39 Å². The van der Waals surface area contributed by atoms with E-state index in [1.165, 1.54) is 18.2 Å². The van der Waals surface area contributed by atoms with Crippen molar-refractivity contribution in [3.63, 3.8) is 0 Å². The summed E-state index contributed by atoms with van der Waals surface area (Å²) in [6, 6.07) is 5.10. The molecule has 1 aromatic carbocycles. The van der Waals surface area contributed by atoms with E-state index >= 15 is 0 Å². The van der Waals surface area contributed by atoms with Crippen LogP contribution in [-0.4, -0.2) is 25.5 Å². The smallest absolute Gasteiger partial charge is 0.319 e. The number of carbonyl (C=O) groups excluding carboxylic acids is 1. The van der Waals surface area contributed by atoms with Gasteiger partial charge >= 0.3 is 7.82 Å². The summed E-state index contributed by atoms with van der Waals surface area (Å²) in [6.45, 7) is -0.814. The minimum atomic E-state index is -4.80. The van der Waals surface area contributed by atoms with Crippen LogP contribution >= 0.6 is 31.0 Å². The van der Waals surface area contributed by atoms with Gasteiger partial charge in [0.05, 0.1) is 10.7 Å². The molecule has 0 fully saturated rings. The Bertz CT molecular complexity index is 794. The molecule has 23 heavy (non-hydrogen) atoms. The standard InChI is InChI=1S/C11H9Cl2FN3O5P/c12-6-1-2-8(7(13)3-6)15-11(18)9-4-10(14)16-17(9)5-22-23(19,20)21/h1-4H,5H2,(H,15,18)(H2,19,20,21). The van der Waals surface area contributed by atoms with E-state index in [2.05, 4.69) is 14.9 Å². The van der Waals surface area contributed by atoms with E-state index in [1.807, 2.05) is 0 Å². The first kappa shape index (κ1) is 17.9. The van der Waals surface area contributed by atoms with Crippen LogP contribution in [-0.2, 0) is 15.8 Å². The Balaban J connectivity index is 2.20. The zero-order valence-corrected chi connectivity index (χ0v) is 13.5. The molecule has 0 spiro atoms. The third-order valence-electron chi connectivity index (χ3n) is 2.51. The van der Waals surface area contributed by atoms with Gasteiger partial charge in [0.25, 0.3) is 5.91 Å². The molecule has 1 heterocycles. The van der Waals surface area contributed by atoms with Gasteiger partial charge in [0.2, 0.25) is 5.95 Å². The average molecular weight is 384 g/mol. The zero-order valence-electron chi connectivity index (χ0n) is 11.1. The second-order valence-corrected chi connectivity index (χ2v) is 6.26. The third-order valence-corrected chi connectivity index (χ3v) is 3.51. The van der Waals surface area contributed by atoms with Crippen molar-refractivity contribution < 1.29 is 28.1 Å². The van der Waals surface area contributed by atoms with E-state index in [1.54, 1.807) is 0 Å². The molecule has 2 aromatic rings. The van der Waals surface area contributed by atoms with Crippen LogP contribution in [0.5, 0.6) is 0 Å². The first-order valence-electron chi connectivity index (χ1n) is 5.85. The Hall–Kier alpha value is -1.48. The molecule has 0 atom stereocenters. The number of carbonyl (C=O) groups is 1. The van der Waals surface area contributed by atoms with Gasteiger partial charge in [0.15, 0.2) is 6.73 Å². The summed E-state index contributed by atoms with van der Waals surface area (Å²) in [4.78, 5) is 29.4. The number of hydrogen-bond donors (Lipinski definition) is 3. The fourth-order valence-corrected chi connectivity index (χ4v) is 2.29. The molecular formula is C11H9Cl2FN3O5P. The highest BCUT2D eigenvalue weighted by molar-refractivity contribution is 7.46. The Labute approximate surface area is 139 Å². The van der Waals surface area contributed by atoms with Crippen LogP contribution < -0.4 is 5.32 Å². The fourth-order valence-electron chi connectivity index (χ4n) is 1.57. The number of halogens is 3. The van der Waals surface area contributed by atoms with Gasteiger partial charge in [-0.15, -0.1) is 5.10 Å². The molecule has 0 saturated heterocycles. The van der Waals surface area contributed by atoms with Crippen LogP contribution in [0.2, 0.25) is 10.0 Å². The zero-order chi connectivity index (χ0) is 17.2. The molecule has 0 aliphatic rings. The van der Waals surface area contributed by atoms with Crippen LogP contribution in [0.1, 0.15) is 10.5 Å². The number of aromatic nitrogens is 2. The van der Waals surface area contributed by atoms with E-state index in [0.717, 1.165) is 6.07 Å². The maximum Gasteiger partial charge on any atom is 0.471 e. The first-order chi connectivity index (χ1) is 10.7. The van der Waals surface area contributed by atoms with Gasteiger partial charge in [0, 0.05) is 11.1 Å². The van der Waals surface area contributed by atoms with Crippen molar-refractivity contribution in [1.82, 2.24) is 9.78 Å². The minimum Gasteiger partial charge on any atom is -0.319 e. The molecule has 0 radical (unpaired) electrons. The Morgan fingerprint density at radius 3 is 2.70 bits per heavy atom. The highest BCUT2D eigenvalue weighted by Gasteiger charge is 2.20. The van der Waals surface area contributed by atoms with Gasteiger partial charge in [-0.25, -0.2) is 9.25 Å². The van der Waals surface area contributed by atoms with Crippen molar-refractivity contribution in [3.8, 4) is 0 Å². The first-order valence-corrected chi connectivity index (χ1v) is 8.14. The highest BCUT2D eigenvalue weighted by Crippen LogP contribution is 2.36. The number of benzene rings is 1. The monoisotopic (exact) mass is 383 g/mol. The summed E-state index contributed by atoms with van der Waals surface area (Å²) in [5.74, 6) is -1.83. The molecule has 8 nitrogen and oxygen atoms in total. The van der Waals surface area contributed by atoms with E-state index in [0.29, 0.717) is 9.70 Å². The van der Waals surface area contributed by atoms with Crippen molar-refractivity contribution in [3.05, 3.63) is 46.0 Å². The second kappa shape index (κ2) is 6.96. The second-order valence-electron chi connectivity index (χ2n) is 4.18. The molecule has 3 N–H and O–H groups in total. The van der Waals surface area contributed by atoms with Crippen molar-refractivity contribution in [2.75, 3.05) is 5.32 Å². The van der Waals surface area contributed by atoms with Crippen molar-refractivity contribution >= 4 is 42.6 Å². The van der Waals surface area contributed by atoms with Crippen molar-refractivity contribution in [1.29, 1.82) is 0 Å². The van der Waals surface area contributed by atoms with Crippen LogP contribution in [0, 0.1) is 5.95 Å². The lowest BCUT2D eigenvalue weighted by Gasteiger charge is -2.10. The quantitative estimate of drug-likeness (QED) is 0.683. The molecule has 124 valence electrons. The minimum absolute atomic E-state index is 0.156. The van der Waals surface area contributed by atoms with Crippen LogP contribution in [0.4, 0.5) is 10.1 Å². The van der Waals surface area contributed by atoms with E-state index in [4.69, 9.17) is 33.0 Å². The Morgan fingerprint density at radius 2 is 2.09 bits per heavy atom. The van der Waals surface area contributed by atoms with Crippen molar-refractivity contribution in [2.45, 2.75) is 6.73 Å². The molecule has 0 aliphatic heterocycles. The van der Waals surface area contributed by atoms with E-state index in [9.17, 15) is 13.8 Å². The predicted molar refractivity (Wildman–Crippen MR) is 79.7 cm³/mol. The molecule has 0 bridgehead atoms. The number of rotatable bonds is 5. The number of nitrogens with zero attached hydrogens (tertiary/aromatic N) is 2. The molecule has 0 aliphatic carbocycles. The number of phosphoric ester groups is 1. The lowest BCUT2D eigenvalue weighted by Crippen LogP contribution is -2.18. The van der Waals surface area contributed by atoms with Gasteiger partial charge < -0.3 is 15.1 Å². The van der Waals surface area contributed by atoms with E-state index in [-0.39, 0.29) is 16.4 Å². The maximum atomic E-state index is 13.2.